The van der Waals surface area contributed by atoms with E-state index in [-0.39, 0.29) is 5.82 Å². The van der Waals surface area contributed by atoms with E-state index in [1.54, 1.807) is 6.07 Å². The molecule has 1 fully saturated rings. The third-order valence-corrected chi connectivity index (χ3v) is 3.61. The molecule has 1 aliphatic rings. The number of likely N-dealkylation sites (N-methyl/N-ethyl adjacent to an activating group) is 1. The second kappa shape index (κ2) is 3.93. The molecule has 1 nitrogen and oxygen atoms in total. The van der Waals surface area contributed by atoms with E-state index >= 15 is 0 Å². The minimum absolute atomic E-state index is 0.0815. The average molecular weight is 207 g/mol. The Morgan fingerprint density at radius 2 is 2.07 bits per heavy atom. The highest BCUT2D eigenvalue weighted by molar-refractivity contribution is 5.20. The molecule has 1 aliphatic carbocycles. The van der Waals surface area contributed by atoms with Crippen molar-refractivity contribution in [1.29, 1.82) is 0 Å². The van der Waals surface area contributed by atoms with Gasteiger partial charge in [0.2, 0.25) is 0 Å². The Labute approximate surface area is 90.7 Å². The Bertz CT molecular complexity index is 344. The fraction of sp³-hybridized carbons (Fsp3) is 0.538. The highest BCUT2D eigenvalue weighted by atomic mass is 19.1. The molecule has 0 radical (unpaired) electrons. The minimum atomic E-state index is -0.0815. The van der Waals surface area contributed by atoms with Crippen LogP contribution in [0.2, 0.25) is 0 Å². The lowest BCUT2D eigenvalue weighted by Gasteiger charge is -2.23. The molecule has 0 aliphatic heterocycles. The minimum Gasteiger partial charge on any atom is -0.316 e. The summed E-state index contributed by atoms with van der Waals surface area (Å²) < 4.78 is 13.5. The molecule has 15 heavy (non-hydrogen) atoms. The van der Waals surface area contributed by atoms with Crippen molar-refractivity contribution in [2.75, 3.05) is 7.05 Å². The first-order valence-electron chi connectivity index (χ1n) is 5.56. The molecule has 0 bridgehead atoms. The van der Waals surface area contributed by atoms with Crippen molar-refractivity contribution in [2.45, 2.75) is 32.2 Å². The predicted molar refractivity (Wildman–Crippen MR) is 60.3 cm³/mol. The molecule has 1 unspecified atom stereocenters. The molecule has 0 aromatic heterocycles. The zero-order valence-corrected chi connectivity index (χ0v) is 9.39. The third-order valence-electron chi connectivity index (χ3n) is 3.61. The van der Waals surface area contributed by atoms with Crippen LogP contribution in [-0.4, -0.2) is 13.1 Å². The van der Waals surface area contributed by atoms with E-state index < -0.39 is 0 Å². The molecule has 1 atom stereocenters. The first-order valence-corrected chi connectivity index (χ1v) is 5.56. The molecule has 2 rings (SSSR count). The quantitative estimate of drug-likeness (QED) is 0.800. The van der Waals surface area contributed by atoms with E-state index in [4.69, 9.17) is 0 Å². The van der Waals surface area contributed by atoms with Gasteiger partial charge in [0.15, 0.2) is 0 Å². The van der Waals surface area contributed by atoms with E-state index in [0.717, 1.165) is 12.0 Å². The Hall–Kier alpha value is -0.890. The third kappa shape index (κ3) is 2.20. The van der Waals surface area contributed by atoms with Crippen molar-refractivity contribution in [3.05, 3.63) is 35.6 Å². The lowest BCUT2D eigenvalue weighted by molar-refractivity contribution is 0.372. The number of nitrogens with one attached hydrogen (secondary N) is 1. The van der Waals surface area contributed by atoms with Gasteiger partial charge < -0.3 is 5.32 Å². The summed E-state index contributed by atoms with van der Waals surface area (Å²) in [6.07, 6.45) is 3.31. The summed E-state index contributed by atoms with van der Waals surface area (Å²) in [7, 11) is 1.97. The van der Waals surface area contributed by atoms with Gasteiger partial charge in [-0.3, -0.25) is 0 Å². The largest absolute Gasteiger partial charge is 0.316 e. The zero-order chi connectivity index (χ0) is 10.9. The first kappa shape index (κ1) is 10.6. The van der Waals surface area contributed by atoms with Crippen molar-refractivity contribution in [3.8, 4) is 0 Å². The van der Waals surface area contributed by atoms with Crippen molar-refractivity contribution in [1.82, 2.24) is 5.32 Å². The maximum atomic E-state index is 13.5. The lowest BCUT2D eigenvalue weighted by atomic mass is 9.92. The van der Waals surface area contributed by atoms with Crippen LogP contribution in [0, 0.1) is 11.2 Å². The highest BCUT2D eigenvalue weighted by Crippen LogP contribution is 2.48. The van der Waals surface area contributed by atoms with Crippen LogP contribution in [0.1, 0.15) is 25.3 Å². The van der Waals surface area contributed by atoms with Gasteiger partial charge in [0.05, 0.1) is 0 Å². The maximum absolute atomic E-state index is 13.5. The van der Waals surface area contributed by atoms with Crippen LogP contribution < -0.4 is 5.32 Å². The van der Waals surface area contributed by atoms with Gasteiger partial charge in [-0.25, -0.2) is 4.39 Å². The smallest absolute Gasteiger partial charge is 0.126 e. The van der Waals surface area contributed by atoms with Gasteiger partial charge in [-0.2, -0.15) is 0 Å². The van der Waals surface area contributed by atoms with Gasteiger partial charge in [-0.05, 0) is 43.4 Å². The van der Waals surface area contributed by atoms with Gasteiger partial charge in [0.25, 0.3) is 0 Å². The summed E-state index contributed by atoms with van der Waals surface area (Å²) in [4.78, 5) is 0. The molecular weight excluding hydrogens is 189 g/mol. The summed E-state index contributed by atoms with van der Waals surface area (Å²) in [5, 5.41) is 3.31. The van der Waals surface area contributed by atoms with Gasteiger partial charge in [0.1, 0.15) is 5.82 Å². The fourth-order valence-electron chi connectivity index (χ4n) is 2.13. The van der Waals surface area contributed by atoms with Crippen LogP contribution in [0.3, 0.4) is 0 Å². The number of benzene rings is 1. The predicted octanol–water partition coefficient (Wildman–Crippen LogP) is 2.76. The monoisotopic (exact) mass is 207 g/mol. The fourth-order valence-corrected chi connectivity index (χ4v) is 2.13. The molecule has 0 spiro atoms. The van der Waals surface area contributed by atoms with Crippen LogP contribution in [0.5, 0.6) is 0 Å². The first-order chi connectivity index (χ1) is 7.15. The van der Waals surface area contributed by atoms with Gasteiger partial charge >= 0.3 is 0 Å². The van der Waals surface area contributed by atoms with E-state index in [1.807, 2.05) is 19.2 Å². The Kier molecular flexibility index (Phi) is 2.79. The van der Waals surface area contributed by atoms with E-state index in [0.29, 0.717) is 11.5 Å². The Morgan fingerprint density at radius 3 is 2.60 bits per heavy atom. The van der Waals surface area contributed by atoms with Gasteiger partial charge in [-0.1, -0.05) is 25.1 Å². The number of hydrogen-bond donors (Lipinski definition) is 1. The van der Waals surface area contributed by atoms with Crippen LogP contribution >= 0.6 is 0 Å². The SMILES string of the molecule is CNC(Cc1ccccc1F)C1(C)CC1. The van der Waals surface area contributed by atoms with Crippen molar-refractivity contribution < 1.29 is 4.39 Å². The van der Waals surface area contributed by atoms with Crippen LogP contribution in [-0.2, 0) is 6.42 Å². The molecule has 1 aromatic carbocycles. The maximum Gasteiger partial charge on any atom is 0.126 e. The summed E-state index contributed by atoms with van der Waals surface area (Å²) >= 11 is 0. The molecule has 1 aromatic rings. The number of hydrogen-bond acceptors (Lipinski definition) is 1. The van der Waals surface area contributed by atoms with Crippen molar-refractivity contribution >= 4 is 0 Å². The summed E-state index contributed by atoms with van der Waals surface area (Å²) in [6.45, 7) is 2.27. The molecule has 1 N–H and O–H groups in total. The zero-order valence-electron chi connectivity index (χ0n) is 9.39. The topological polar surface area (TPSA) is 12.0 Å². The molecule has 0 saturated heterocycles. The second-order valence-corrected chi connectivity index (χ2v) is 4.79. The van der Waals surface area contributed by atoms with Gasteiger partial charge in [0, 0.05) is 6.04 Å². The summed E-state index contributed by atoms with van der Waals surface area (Å²) in [6, 6.07) is 7.46. The number of halogens is 1. The number of rotatable bonds is 4. The molecule has 82 valence electrons. The normalized spacial score (nSPS) is 19.9. The molecule has 0 amide bonds. The summed E-state index contributed by atoms with van der Waals surface area (Å²) in [5.41, 5.74) is 1.21. The standard InChI is InChI=1S/C13H18FN/c1-13(7-8-13)12(15-2)9-10-5-3-4-6-11(10)14/h3-6,12,15H,7-9H2,1-2H3. The Balaban J connectivity index is 2.10. The van der Waals surface area contributed by atoms with Crippen LogP contribution in [0.25, 0.3) is 0 Å². The van der Waals surface area contributed by atoms with E-state index in [2.05, 4.69) is 12.2 Å². The molecule has 0 heterocycles. The molecule has 1 saturated carbocycles. The van der Waals surface area contributed by atoms with E-state index in [9.17, 15) is 4.39 Å². The average Bonchev–Trinajstić information content (AvgIpc) is 2.96. The molecule has 2 heteroatoms. The van der Waals surface area contributed by atoms with E-state index in [1.165, 1.54) is 18.9 Å². The van der Waals surface area contributed by atoms with Gasteiger partial charge in [-0.15, -0.1) is 0 Å². The van der Waals surface area contributed by atoms with Crippen molar-refractivity contribution in [2.24, 2.45) is 5.41 Å². The lowest BCUT2D eigenvalue weighted by Crippen LogP contribution is -2.35. The summed E-state index contributed by atoms with van der Waals surface area (Å²) in [5.74, 6) is -0.0815. The Morgan fingerprint density at radius 1 is 1.40 bits per heavy atom. The second-order valence-electron chi connectivity index (χ2n) is 4.79. The molecular formula is C13H18FN. The highest BCUT2D eigenvalue weighted by Gasteiger charge is 2.44. The van der Waals surface area contributed by atoms with Crippen LogP contribution in [0.4, 0.5) is 4.39 Å². The van der Waals surface area contributed by atoms with Crippen molar-refractivity contribution in [3.63, 3.8) is 0 Å². The van der Waals surface area contributed by atoms with Crippen LogP contribution in [0.15, 0.2) is 24.3 Å².